The smallest absolute Gasteiger partial charge is 0.260 e. The first-order chi connectivity index (χ1) is 8.36. The number of hydrogen-bond acceptors (Lipinski definition) is 2. The van der Waals surface area contributed by atoms with E-state index in [1.54, 1.807) is 0 Å². The summed E-state index contributed by atoms with van der Waals surface area (Å²) in [6, 6.07) is 7.84. The molecule has 4 rings (SSSR count). The van der Waals surface area contributed by atoms with Gasteiger partial charge >= 0.3 is 0 Å². The highest BCUT2D eigenvalue weighted by molar-refractivity contribution is 6.24. The van der Waals surface area contributed by atoms with Gasteiger partial charge < -0.3 is 0 Å². The summed E-state index contributed by atoms with van der Waals surface area (Å²) in [5.74, 6) is 0.906. The average Bonchev–Trinajstić information content (AvgIpc) is 2.88. The van der Waals surface area contributed by atoms with E-state index in [-0.39, 0.29) is 18.0 Å². The molecule has 1 aromatic carbocycles. The number of amides is 1. The summed E-state index contributed by atoms with van der Waals surface area (Å²) < 4.78 is 0. The van der Waals surface area contributed by atoms with Gasteiger partial charge in [-0.15, -0.1) is 0 Å². The second kappa shape index (κ2) is 2.94. The molecule has 0 spiro atoms. The number of carbonyl (C=O) groups is 1. The highest BCUT2D eigenvalue weighted by Crippen LogP contribution is 2.33. The molecule has 0 saturated carbocycles. The molecule has 1 aromatic rings. The van der Waals surface area contributed by atoms with Gasteiger partial charge in [0.05, 0.1) is 17.6 Å². The highest BCUT2D eigenvalue weighted by atomic mass is 16.2. The molecule has 17 heavy (non-hydrogen) atoms. The van der Waals surface area contributed by atoms with Gasteiger partial charge in [0.2, 0.25) is 0 Å². The lowest BCUT2D eigenvalue weighted by Gasteiger charge is -2.22. The van der Waals surface area contributed by atoms with Gasteiger partial charge in [-0.2, -0.15) is 0 Å². The maximum atomic E-state index is 12.3. The zero-order valence-electron chi connectivity index (χ0n) is 9.08. The van der Waals surface area contributed by atoms with Crippen molar-refractivity contribution in [1.82, 2.24) is 4.90 Å². The summed E-state index contributed by atoms with van der Waals surface area (Å²) >= 11 is 0. The van der Waals surface area contributed by atoms with Crippen LogP contribution in [0.3, 0.4) is 0 Å². The fourth-order valence-corrected chi connectivity index (χ4v) is 2.71. The van der Waals surface area contributed by atoms with Crippen molar-refractivity contribution in [2.45, 2.75) is 12.1 Å². The monoisotopic (exact) mass is 222 g/mol. The molecule has 1 aliphatic carbocycles. The standard InChI is InChI=1S/C14H10N2O/c17-14-10-6-2-1-5-9(10)13-15-11-7-3-4-8-12(11)16(13)14/h1-8,11-12H. The lowest BCUT2D eigenvalue weighted by atomic mass is 10.0. The molecule has 0 bridgehead atoms. The number of allylic oxidation sites excluding steroid dienone is 2. The Labute approximate surface area is 98.8 Å². The predicted octanol–water partition coefficient (Wildman–Crippen LogP) is 1.77. The first kappa shape index (κ1) is 8.93. The summed E-state index contributed by atoms with van der Waals surface area (Å²) in [5.41, 5.74) is 1.74. The van der Waals surface area contributed by atoms with Gasteiger partial charge in [0.15, 0.2) is 0 Å². The molecule has 3 heteroatoms. The Morgan fingerprint density at radius 1 is 1.06 bits per heavy atom. The third-order valence-corrected chi connectivity index (χ3v) is 3.49. The van der Waals surface area contributed by atoms with Gasteiger partial charge in [0, 0.05) is 5.56 Å². The first-order valence-electron chi connectivity index (χ1n) is 5.72. The minimum Gasteiger partial charge on any atom is -0.283 e. The SMILES string of the molecule is O=C1c2ccccc2C2=NC3C=CC=CC3N12. The van der Waals surface area contributed by atoms with Crippen molar-refractivity contribution in [2.24, 2.45) is 4.99 Å². The minimum absolute atomic E-state index is 0.0647. The fraction of sp³-hybridized carbons (Fsp3) is 0.143. The summed E-state index contributed by atoms with van der Waals surface area (Å²) in [4.78, 5) is 18.8. The van der Waals surface area contributed by atoms with Gasteiger partial charge in [0.1, 0.15) is 5.84 Å². The molecule has 0 N–H and O–H groups in total. The summed E-state index contributed by atoms with van der Waals surface area (Å²) in [7, 11) is 0. The Kier molecular flexibility index (Phi) is 1.55. The zero-order chi connectivity index (χ0) is 11.4. The molecule has 2 unspecified atom stereocenters. The number of benzene rings is 1. The maximum absolute atomic E-state index is 12.3. The Morgan fingerprint density at radius 3 is 2.71 bits per heavy atom. The van der Waals surface area contributed by atoms with Gasteiger partial charge in [-0.05, 0) is 6.07 Å². The second-order valence-corrected chi connectivity index (χ2v) is 4.42. The predicted molar refractivity (Wildman–Crippen MR) is 65.0 cm³/mol. The Morgan fingerprint density at radius 2 is 1.82 bits per heavy atom. The molecule has 1 amide bonds. The van der Waals surface area contributed by atoms with Crippen LogP contribution in [0.25, 0.3) is 0 Å². The maximum Gasteiger partial charge on any atom is 0.260 e. The number of hydrogen-bond donors (Lipinski definition) is 0. The van der Waals surface area contributed by atoms with Crippen LogP contribution in [0.5, 0.6) is 0 Å². The van der Waals surface area contributed by atoms with E-state index in [4.69, 9.17) is 0 Å². The largest absolute Gasteiger partial charge is 0.283 e. The molecule has 0 radical (unpaired) electrons. The molecular formula is C14H10N2O. The number of aliphatic imine (C=N–C) groups is 1. The van der Waals surface area contributed by atoms with Crippen LogP contribution in [0.15, 0.2) is 53.6 Å². The van der Waals surface area contributed by atoms with Crippen LogP contribution >= 0.6 is 0 Å². The van der Waals surface area contributed by atoms with Crippen molar-refractivity contribution >= 4 is 11.7 Å². The minimum atomic E-state index is 0.0647. The van der Waals surface area contributed by atoms with Gasteiger partial charge in [-0.3, -0.25) is 14.7 Å². The first-order valence-corrected chi connectivity index (χ1v) is 5.72. The van der Waals surface area contributed by atoms with Crippen LogP contribution in [0.1, 0.15) is 15.9 Å². The normalized spacial score (nSPS) is 27.9. The van der Waals surface area contributed by atoms with Crippen LogP contribution in [-0.2, 0) is 0 Å². The number of rotatable bonds is 0. The molecule has 3 nitrogen and oxygen atoms in total. The molecule has 2 heterocycles. The number of carbonyl (C=O) groups excluding carboxylic acids is 1. The van der Waals surface area contributed by atoms with E-state index in [0.717, 1.165) is 17.0 Å². The summed E-state index contributed by atoms with van der Waals surface area (Å²) in [5, 5.41) is 0. The third kappa shape index (κ3) is 1.01. The molecular weight excluding hydrogens is 212 g/mol. The summed E-state index contributed by atoms with van der Waals surface area (Å²) in [6.45, 7) is 0. The number of fused-ring (bicyclic) bond motifs is 5. The van der Waals surface area contributed by atoms with Crippen molar-refractivity contribution < 1.29 is 4.79 Å². The van der Waals surface area contributed by atoms with E-state index in [2.05, 4.69) is 4.99 Å². The topological polar surface area (TPSA) is 32.7 Å². The van der Waals surface area contributed by atoms with Gasteiger partial charge in [-0.1, -0.05) is 42.5 Å². The molecule has 0 aromatic heterocycles. The van der Waals surface area contributed by atoms with Crippen molar-refractivity contribution in [3.05, 3.63) is 59.7 Å². The highest BCUT2D eigenvalue weighted by Gasteiger charge is 2.44. The van der Waals surface area contributed by atoms with E-state index < -0.39 is 0 Å². The molecule has 2 aliphatic heterocycles. The van der Waals surface area contributed by atoms with E-state index in [9.17, 15) is 4.79 Å². The Bertz CT molecular complexity index is 612. The zero-order valence-corrected chi connectivity index (χ0v) is 9.08. The van der Waals surface area contributed by atoms with E-state index in [1.165, 1.54) is 0 Å². The van der Waals surface area contributed by atoms with Crippen LogP contribution < -0.4 is 0 Å². The summed E-state index contributed by atoms with van der Waals surface area (Å²) in [6.07, 6.45) is 8.07. The van der Waals surface area contributed by atoms with Crippen molar-refractivity contribution in [2.75, 3.05) is 0 Å². The molecule has 2 atom stereocenters. The Hall–Kier alpha value is -2.16. The van der Waals surface area contributed by atoms with Crippen molar-refractivity contribution in [3.8, 4) is 0 Å². The quantitative estimate of drug-likeness (QED) is 0.658. The van der Waals surface area contributed by atoms with Gasteiger partial charge in [-0.25, -0.2) is 0 Å². The molecule has 3 aliphatic rings. The van der Waals surface area contributed by atoms with Crippen molar-refractivity contribution in [3.63, 3.8) is 0 Å². The average molecular weight is 222 g/mol. The Balaban J connectivity index is 1.93. The van der Waals surface area contributed by atoms with Crippen LogP contribution in [0, 0.1) is 0 Å². The van der Waals surface area contributed by atoms with Crippen molar-refractivity contribution in [1.29, 1.82) is 0 Å². The molecule has 0 fully saturated rings. The lowest BCUT2D eigenvalue weighted by Crippen LogP contribution is -2.39. The fourth-order valence-electron chi connectivity index (χ4n) is 2.71. The van der Waals surface area contributed by atoms with Crippen LogP contribution in [0.4, 0.5) is 0 Å². The van der Waals surface area contributed by atoms with E-state index >= 15 is 0 Å². The second-order valence-electron chi connectivity index (χ2n) is 4.42. The van der Waals surface area contributed by atoms with Crippen LogP contribution in [0.2, 0.25) is 0 Å². The molecule has 82 valence electrons. The third-order valence-electron chi connectivity index (χ3n) is 3.49. The van der Waals surface area contributed by atoms with E-state index in [1.807, 2.05) is 53.5 Å². The van der Waals surface area contributed by atoms with Crippen LogP contribution in [-0.4, -0.2) is 28.7 Å². The van der Waals surface area contributed by atoms with Gasteiger partial charge in [0.25, 0.3) is 5.91 Å². The number of amidine groups is 1. The van der Waals surface area contributed by atoms with E-state index in [0.29, 0.717) is 0 Å². The molecule has 0 saturated heterocycles. The lowest BCUT2D eigenvalue weighted by molar-refractivity contribution is 0.0842. The number of nitrogens with zero attached hydrogens (tertiary/aromatic N) is 2.